The van der Waals surface area contributed by atoms with Crippen LogP contribution < -0.4 is 0 Å². The predicted octanol–water partition coefficient (Wildman–Crippen LogP) is 3.25. The molecule has 0 fully saturated rings. The summed E-state index contributed by atoms with van der Waals surface area (Å²) in [6.45, 7) is 6.77. The predicted molar refractivity (Wildman–Crippen MR) is 116 cm³/mol. The third-order valence-corrected chi connectivity index (χ3v) is 5.03. The molecule has 0 aliphatic rings. The van der Waals surface area contributed by atoms with E-state index in [1.54, 1.807) is 35.8 Å². The molecule has 3 aromatic rings. The van der Waals surface area contributed by atoms with Crippen LogP contribution in [0.4, 0.5) is 0 Å². The molecular weight excluding hydrogens is 378 g/mol. The van der Waals surface area contributed by atoms with Gasteiger partial charge in [0.05, 0.1) is 11.4 Å². The summed E-state index contributed by atoms with van der Waals surface area (Å²) in [5.74, 6) is -0.213. The molecule has 0 atom stereocenters. The highest BCUT2D eigenvalue weighted by Crippen LogP contribution is 2.16. The van der Waals surface area contributed by atoms with Gasteiger partial charge in [-0.15, -0.1) is 5.10 Å². The third-order valence-electron chi connectivity index (χ3n) is 5.03. The highest BCUT2D eigenvalue weighted by molar-refractivity contribution is 5.94. The Labute approximate surface area is 176 Å². The van der Waals surface area contributed by atoms with E-state index in [1.807, 2.05) is 57.2 Å². The molecule has 3 rings (SSSR count). The number of rotatable bonds is 6. The van der Waals surface area contributed by atoms with E-state index in [9.17, 15) is 9.59 Å². The van der Waals surface area contributed by atoms with Crippen molar-refractivity contribution in [3.05, 3.63) is 76.6 Å². The average Bonchev–Trinajstić information content (AvgIpc) is 3.13. The van der Waals surface area contributed by atoms with Crippen LogP contribution >= 0.6 is 0 Å². The number of carbonyl (C=O) groups excluding carboxylic acids is 2. The Morgan fingerprint density at radius 3 is 2.13 bits per heavy atom. The number of aromatic nitrogens is 3. The summed E-state index contributed by atoms with van der Waals surface area (Å²) in [5.41, 5.74) is 4.64. The Morgan fingerprint density at radius 1 is 0.933 bits per heavy atom. The van der Waals surface area contributed by atoms with Gasteiger partial charge in [0, 0.05) is 32.7 Å². The van der Waals surface area contributed by atoms with E-state index in [0.717, 1.165) is 16.8 Å². The Balaban J connectivity index is 1.78. The molecule has 0 saturated carbocycles. The van der Waals surface area contributed by atoms with Crippen LogP contribution in [-0.4, -0.2) is 57.2 Å². The van der Waals surface area contributed by atoms with Crippen molar-refractivity contribution in [1.82, 2.24) is 24.8 Å². The minimum absolute atomic E-state index is 0.0479. The molecule has 0 N–H and O–H groups in total. The van der Waals surface area contributed by atoms with Gasteiger partial charge in [0.1, 0.15) is 0 Å². The summed E-state index contributed by atoms with van der Waals surface area (Å²) in [6.07, 6.45) is 0. The highest BCUT2D eigenvalue weighted by Gasteiger charge is 2.22. The number of carbonyl (C=O) groups is 2. The molecule has 0 spiro atoms. The fourth-order valence-electron chi connectivity index (χ4n) is 3.17. The molecule has 2 aromatic carbocycles. The SMILES string of the molecule is CCN(Cc1ccc(C(=O)N(C)C)cc1)C(=O)c1nnn(-c2ccc(C)cc2)c1C. The first-order valence-electron chi connectivity index (χ1n) is 9.91. The fraction of sp³-hybridized carbons (Fsp3) is 0.304. The molecule has 30 heavy (non-hydrogen) atoms. The molecule has 7 nitrogen and oxygen atoms in total. The Hall–Kier alpha value is -3.48. The zero-order valence-electron chi connectivity index (χ0n) is 18.1. The van der Waals surface area contributed by atoms with Crippen molar-refractivity contribution >= 4 is 11.8 Å². The van der Waals surface area contributed by atoms with Crippen molar-refractivity contribution in [2.75, 3.05) is 20.6 Å². The number of hydrogen-bond donors (Lipinski definition) is 0. The van der Waals surface area contributed by atoms with Crippen LogP contribution in [0.2, 0.25) is 0 Å². The van der Waals surface area contributed by atoms with E-state index in [0.29, 0.717) is 30.0 Å². The van der Waals surface area contributed by atoms with E-state index >= 15 is 0 Å². The summed E-state index contributed by atoms with van der Waals surface area (Å²) in [7, 11) is 3.44. The standard InChI is InChI=1S/C23H27N5O2/c1-6-27(15-18-9-11-19(12-10-18)22(29)26(4)5)23(30)21-17(3)28(25-24-21)20-13-7-16(2)8-14-20/h7-14H,6,15H2,1-5H3. The number of nitrogens with zero attached hydrogens (tertiary/aromatic N) is 5. The van der Waals surface area contributed by atoms with Crippen molar-refractivity contribution in [1.29, 1.82) is 0 Å². The number of benzene rings is 2. The van der Waals surface area contributed by atoms with Crippen LogP contribution in [-0.2, 0) is 6.54 Å². The minimum atomic E-state index is -0.165. The van der Waals surface area contributed by atoms with Crippen LogP contribution in [0.25, 0.3) is 5.69 Å². The molecule has 2 amide bonds. The first kappa shape index (κ1) is 21.2. The quantitative estimate of drug-likeness (QED) is 0.631. The molecule has 1 aromatic heterocycles. The largest absolute Gasteiger partial charge is 0.345 e. The van der Waals surface area contributed by atoms with E-state index < -0.39 is 0 Å². The first-order chi connectivity index (χ1) is 14.3. The van der Waals surface area contributed by atoms with Gasteiger partial charge in [0.15, 0.2) is 5.69 Å². The average molecular weight is 406 g/mol. The molecule has 0 aliphatic carbocycles. The molecule has 0 saturated heterocycles. The zero-order chi connectivity index (χ0) is 21.8. The molecule has 0 aliphatic heterocycles. The first-order valence-corrected chi connectivity index (χ1v) is 9.91. The monoisotopic (exact) mass is 405 g/mol. The minimum Gasteiger partial charge on any atom is -0.345 e. The summed E-state index contributed by atoms with van der Waals surface area (Å²) < 4.78 is 1.68. The van der Waals surface area contributed by atoms with Crippen molar-refractivity contribution in [2.45, 2.75) is 27.3 Å². The lowest BCUT2D eigenvalue weighted by Crippen LogP contribution is -2.31. The van der Waals surface area contributed by atoms with Crippen LogP contribution in [0.15, 0.2) is 48.5 Å². The van der Waals surface area contributed by atoms with Gasteiger partial charge in [-0.1, -0.05) is 35.0 Å². The lowest BCUT2D eigenvalue weighted by atomic mass is 10.1. The number of hydrogen-bond acceptors (Lipinski definition) is 4. The Bertz CT molecular complexity index is 1040. The number of aryl methyl sites for hydroxylation is 1. The van der Waals surface area contributed by atoms with E-state index in [1.165, 1.54) is 4.90 Å². The van der Waals surface area contributed by atoms with Crippen molar-refractivity contribution in [3.8, 4) is 5.69 Å². The second-order valence-electron chi connectivity index (χ2n) is 7.49. The topological polar surface area (TPSA) is 71.3 Å². The van der Waals surface area contributed by atoms with Gasteiger partial charge in [-0.2, -0.15) is 0 Å². The lowest BCUT2D eigenvalue weighted by Gasteiger charge is -2.20. The molecule has 0 bridgehead atoms. The summed E-state index contributed by atoms with van der Waals surface area (Å²) in [6, 6.07) is 15.2. The van der Waals surface area contributed by atoms with E-state index in [4.69, 9.17) is 0 Å². The van der Waals surface area contributed by atoms with Crippen LogP contribution in [0.5, 0.6) is 0 Å². The van der Waals surface area contributed by atoms with Crippen LogP contribution in [0, 0.1) is 13.8 Å². The third kappa shape index (κ3) is 4.40. The van der Waals surface area contributed by atoms with Crippen LogP contribution in [0.3, 0.4) is 0 Å². The molecule has 0 unspecified atom stereocenters. The smallest absolute Gasteiger partial charge is 0.276 e. The number of amides is 2. The van der Waals surface area contributed by atoms with E-state index in [-0.39, 0.29) is 11.8 Å². The van der Waals surface area contributed by atoms with Crippen molar-refractivity contribution in [2.24, 2.45) is 0 Å². The summed E-state index contributed by atoms with van der Waals surface area (Å²) in [4.78, 5) is 28.4. The second kappa shape index (κ2) is 8.90. The Kier molecular flexibility index (Phi) is 6.30. The van der Waals surface area contributed by atoms with Crippen molar-refractivity contribution < 1.29 is 9.59 Å². The van der Waals surface area contributed by atoms with Gasteiger partial charge in [0.2, 0.25) is 0 Å². The fourth-order valence-corrected chi connectivity index (χ4v) is 3.17. The highest BCUT2D eigenvalue weighted by atomic mass is 16.2. The molecule has 156 valence electrons. The summed E-state index contributed by atoms with van der Waals surface area (Å²) >= 11 is 0. The van der Waals surface area contributed by atoms with Crippen molar-refractivity contribution in [3.63, 3.8) is 0 Å². The summed E-state index contributed by atoms with van der Waals surface area (Å²) in [5, 5.41) is 8.34. The molecule has 0 radical (unpaired) electrons. The molecule has 7 heteroatoms. The molecule has 1 heterocycles. The van der Waals surface area contributed by atoms with Gasteiger partial charge in [0.25, 0.3) is 11.8 Å². The van der Waals surface area contributed by atoms with E-state index in [2.05, 4.69) is 10.3 Å². The lowest BCUT2D eigenvalue weighted by molar-refractivity contribution is 0.0744. The van der Waals surface area contributed by atoms with Gasteiger partial charge >= 0.3 is 0 Å². The second-order valence-corrected chi connectivity index (χ2v) is 7.49. The normalized spacial score (nSPS) is 10.7. The maximum atomic E-state index is 13.1. The maximum Gasteiger partial charge on any atom is 0.276 e. The Morgan fingerprint density at radius 2 is 1.57 bits per heavy atom. The van der Waals surface area contributed by atoms with Gasteiger partial charge < -0.3 is 9.80 Å². The van der Waals surface area contributed by atoms with Gasteiger partial charge in [-0.05, 0) is 50.6 Å². The zero-order valence-corrected chi connectivity index (χ0v) is 18.1. The maximum absolute atomic E-state index is 13.1. The molecular formula is C23H27N5O2. The van der Waals surface area contributed by atoms with Gasteiger partial charge in [-0.25, -0.2) is 4.68 Å². The van der Waals surface area contributed by atoms with Crippen LogP contribution in [0.1, 0.15) is 44.6 Å². The van der Waals surface area contributed by atoms with Gasteiger partial charge in [-0.3, -0.25) is 9.59 Å².